The Bertz CT molecular complexity index is 397. The Balaban J connectivity index is 2.27. The molecule has 1 aromatic carbocycles. The summed E-state index contributed by atoms with van der Waals surface area (Å²) in [7, 11) is 0. The highest BCUT2D eigenvalue weighted by Gasteiger charge is 2.29. The van der Waals surface area contributed by atoms with Gasteiger partial charge in [0.25, 0.3) is 0 Å². The Morgan fingerprint density at radius 1 is 1.50 bits per heavy atom. The van der Waals surface area contributed by atoms with Crippen LogP contribution in [0.25, 0.3) is 0 Å². The van der Waals surface area contributed by atoms with Gasteiger partial charge in [-0.05, 0) is 37.1 Å². The molecule has 0 radical (unpaired) electrons. The second-order valence-corrected chi connectivity index (χ2v) is 4.34. The molecule has 1 atom stereocenters. The number of benzene rings is 1. The highest BCUT2D eigenvalue weighted by molar-refractivity contribution is 5.96. The third-order valence-electron chi connectivity index (χ3n) is 2.90. The lowest BCUT2D eigenvalue weighted by Gasteiger charge is -2.17. The van der Waals surface area contributed by atoms with Gasteiger partial charge in [0.05, 0.1) is 0 Å². The first-order valence-electron chi connectivity index (χ1n) is 5.41. The van der Waals surface area contributed by atoms with Crippen LogP contribution in [-0.4, -0.2) is 24.1 Å². The molecule has 2 rings (SSSR count). The van der Waals surface area contributed by atoms with Gasteiger partial charge in [-0.1, -0.05) is 0 Å². The number of aryl methyl sites for hydroxylation is 1. The van der Waals surface area contributed by atoms with E-state index >= 15 is 0 Å². The van der Waals surface area contributed by atoms with E-state index in [9.17, 15) is 9.90 Å². The van der Waals surface area contributed by atoms with Crippen molar-refractivity contribution in [1.29, 1.82) is 0 Å². The molecule has 0 spiro atoms. The maximum Gasteiger partial charge on any atom is 0.227 e. The fraction of sp³-hybridized carbons (Fsp3) is 0.417. The Labute approximate surface area is 94.7 Å². The minimum atomic E-state index is 0.0838. The van der Waals surface area contributed by atoms with Crippen LogP contribution in [-0.2, 0) is 4.79 Å². The van der Waals surface area contributed by atoms with Gasteiger partial charge in [0.2, 0.25) is 5.91 Å². The van der Waals surface area contributed by atoms with Gasteiger partial charge in [-0.3, -0.25) is 4.79 Å². The molecule has 16 heavy (non-hydrogen) atoms. The SMILES string of the molecule is Cc1cc(O)cc(N2CC(CN)CC2=O)c1. The van der Waals surface area contributed by atoms with E-state index in [1.165, 1.54) is 0 Å². The highest BCUT2D eigenvalue weighted by atomic mass is 16.3. The van der Waals surface area contributed by atoms with Crippen LogP contribution in [0.15, 0.2) is 18.2 Å². The summed E-state index contributed by atoms with van der Waals surface area (Å²) >= 11 is 0. The van der Waals surface area contributed by atoms with Crippen molar-refractivity contribution in [1.82, 2.24) is 0 Å². The molecule has 0 bridgehead atoms. The predicted molar refractivity (Wildman–Crippen MR) is 62.4 cm³/mol. The fourth-order valence-electron chi connectivity index (χ4n) is 2.09. The second kappa shape index (κ2) is 4.14. The summed E-state index contributed by atoms with van der Waals surface area (Å²) in [6.45, 7) is 3.07. The second-order valence-electron chi connectivity index (χ2n) is 4.34. The Hall–Kier alpha value is -1.55. The van der Waals surface area contributed by atoms with E-state index in [1.807, 2.05) is 13.0 Å². The smallest absolute Gasteiger partial charge is 0.227 e. The Morgan fingerprint density at radius 3 is 2.81 bits per heavy atom. The van der Waals surface area contributed by atoms with E-state index in [-0.39, 0.29) is 17.6 Å². The number of nitrogens with two attached hydrogens (primary N) is 1. The Morgan fingerprint density at radius 2 is 2.25 bits per heavy atom. The number of anilines is 1. The van der Waals surface area contributed by atoms with Crippen LogP contribution in [0.4, 0.5) is 5.69 Å². The van der Waals surface area contributed by atoms with E-state index in [0.717, 1.165) is 11.3 Å². The number of amides is 1. The van der Waals surface area contributed by atoms with Gasteiger partial charge in [0, 0.05) is 24.7 Å². The van der Waals surface area contributed by atoms with Crippen molar-refractivity contribution in [3.8, 4) is 5.75 Å². The normalized spacial score (nSPS) is 20.5. The molecule has 1 unspecified atom stereocenters. The van der Waals surface area contributed by atoms with Gasteiger partial charge in [-0.15, -0.1) is 0 Å². The summed E-state index contributed by atoms with van der Waals surface area (Å²) in [5, 5.41) is 9.50. The summed E-state index contributed by atoms with van der Waals surface area (Å²) in [6, 6.07) is 5.19. The first-order chi connectivity index (χ1) is 7.60. The van der Waals surface area contributed by atoms with Gasteiger partial charge in [-0.2, -0.15) is 0 Å². The lowest BCUT2D eigenvalue weighted by atomic mass is 10.1. The number of rotatable bonds is 2. The first-order valence-corrected chi connectivity index (χ1v) is 5.41. The van der Waals surface area contributed by atoms with E-state index in [0.29, 0.717) is 19.5 Å². The fourth-order valence-corrected chi connectivity index (χ4v) is 2.09. The zero-order valence-corrected chi connectivity index (χ0v) is 9.31. The molecule has 3 N–H and O–H groups in total. The summed E-state index contributed by atoms with van der Waals surface area (Å²) < 4.78 is 0. The van der Waals surface area contributed by atoms with Gasteiger partial charge in [0.15, 0.2) is 0 Å². The average molecular weight is 220 g/mol. The molecule has 1 fully saturated rings. The van der Waals surface area contributed by atoms with Crippen molar-refractivity contribution in [2.75, 3.05) is 18.0 Å². The van der Waals surface area contributed by atoms with E-state index in [2.05, 4.69) is 0 Å². The van der Waals surface area contributed by atoms with Crippen LogP contribution in [0.1, 0.15) is 12.0 Å². The lowest BCUT2D eigenvalue weighted by molar-refractivity contribution is -0.117. The molecule has 0 aliphatic carbocycles. The number of nitrogens with zero attached hydrogens (tertiary/aromatic N) is 1. The predicted octanol–water partition coefficient (Wildman–Crippen LogP) is 1.01. The van der Waals surface area contributed by atoms with Crippen molar-refractivity contribution in [2.24, 2.45) is 11.7 Å². The average Bonchev–Trinajstić information content (AvgIpc) is 2.58. The van der Waals surface area contributed by atoms with Crippen LogP contribution in [0.2, 0.25) is 0 Å². The minimum absolute atomic E-state index is 0.0838. The van der Waals surface area contributed by atoms with Crippen molar-refractivity contribution in [2.45, 2.75) is 13.3 Å². The third-order valence-corrected chi connectivity index (χ3v) is 2.90. The van der Waals surface area contributed by atoms with Crippen LogP contribution >= 0.6 is 0 Å². The van der Waals surface area contributed by atoms with E-state index in [1.54, 1.807) is 17.0 Å². The maximum absolute atomic E-state index is 11.8. The monoisotopic (exact) mass is 220 g/mol. The molecular formula is C12H16N2O2. The zero-order valence-electron chi connectivity index (χ0n) is 9.31. The number of aromatic hydroxyl groups is 1. The van der Waals surface area contributed by atoms with Gasteiger partial charge in [-0.25, -0.2) is 0 Å². The van der Waals surface area contributed by atoms with Crippen LogP contribution < -0.4 is 10.6 Å². The lowest BCUT2D eigenvalue weighted by Crippen LogP contribution is -2.25. The number of hydrogen-bond acceptors (Lipinski definition) is 3. The number of phenols is 1. The summed E-state index contributed by atoms with van der Waals surface area (Å²) in [5.41, 5.74) is 7.27. The molecule has 86 valence electrons. The molecule has 1 aliphatic heterocycles. The molecule has 1 aliphatic rings. The molecule has 0 saturated carbocycles. The van der Waals surface area contributed by atoms with E-state index < -0.39 is 0 Å². The number of hydrogen-bond donors (Lipinski definition) is 2. The van der Waals surface area contributed by atoms with Gasteiger partial charge >= 0.3 is 0 Å². The van der Waals surface area contributed by atoms with Gasteiger partial charge in [0.1, 0.15) is 5.75 Å². The van der Waals surface area contributed by atoms with Crippen molar-refractivity contribution in [3.63, 3.8) is 0 Å². The van der Waals surface area contributed by atoms with Crippen LogP contribution in [0.5, 0.6) is 5.75 Å². The third kappa shape index (κ3) is 2.02. The molecule has 1 saturated heterocycles. The summed E-state index contributed by atoms with van der Waals surface area (Å²) in [4.78, 5) is 13.5. The van der Waals surface area contributed by atoms with E-state index in [4.69, 9.17) is 5.73 Å². The number of phenolic OH excluding ortho intramolecular Hbond substituents is 1. The molecule has 1 heterocycles. The molecule has 4 heteroatoms. The van der Waals surface area contributed by atoms with Crippen molar-refractivity contribution < 1.29 is 9.90 Å². The molecule has 0 aromatic heterocycles. The largest absolute Gasteiger partial charge is 0.508 e. The molecule has 4 nitrogen and oxygen atoms in total. The van der Waals surface area contributed by atoms with Crippen LogP contribution in [0, 0.1) is 12.8 Å². The van der Waals surface area contributed by atoms with Crippen LogP contribution in [0.3, 0.4) is 0 Å². The summed E-state index contributed by atoms with van der Waals surface area (Å²) in [5.74, 6) is 0.509. The number of carbonyl (C=O) groups is 1. The molecule has 1 amide bonds. The zero-order chi connectivity index (χ0) is 11.7. The highest BCUT2D eigenvalue weighted by Crippen LogP contribution is 2.28. The topological polar surface area (TPSA) is 66.6 Å². The number of carbonyl (C=O) groups excluding carboxylic acids is 1. The first kappa shape index (κ1) is 11.0. The molecule has 1 aromatic rings. The standard InChI is InChI=1S/C12H16N2O2/c1-8-2-10(5-11(15)3-8)14-7-9(6-13)4-12(14)16/h2-3,5,9,15H,4,6-7,13H2,1H3. The maximum atomic E-state index is 11.8. The minimum Gasteiger partial charge on any atom is -0.508 e. The summed E-state index contributed by atoms with van der Waals surface area (Å²) in [6.07, 6.45) is 0.505. The molecular weight excluding hydrogens is 204 g/mol. The Kier molecular flexibility index (Phi) is 2.83. The van der Waals surface area contributed by atoms with Crippen molar-refractivity contribution >= 4 is 11.6 Å². The van der Waals surface area contributed by atoms with Gasteiger partial charge < -0.3 is 15.7 Å². The van der Waals surface area contributed by atoms with Crippen molar-refractivity contribution in [3.05, 3.63) is 23.8 Å². The quantitative estimate of drug-likeness (QED) is 0.781.